The first-order valence-electron chi connectivity index (χ1n) is 8.31. The van der Waals surface area contributed by atoms with Gasteiger partial charge in [0.2, 0.25) is 0 Å². The second-order valence-corrected chi connectivity index (χ2v) is 6.01. The summed E-state index contributed by atoms with van der Waals surface area (Å²) >= 11 is 5.80. The number of hydrogen-bond acceptors (Lipinski definition) is 3. The molecule has 6 nitrogen and oxygen atoms in total. The lowest BCUT2D eigenvalue weighted by Gasteiger charge is -2.12. The molecule has 2 aromatic carbocycles. The van der Waals surface area contributed by atoms with E-state index >= 15 is 0 Å². The minimum atomic E-state index is -0.335. The van der Waals surface area contributed by atoms with E-state index in [-0.39, 0.29) is 11.9 Å². The zero-order valence-electron chi connectivity index (χ0n) is 14.8. The third kappa shape index (κ3) is 5.97. The van der Waals surface area contributed by atoms with Crippen molar-refractivity contribution in [2.24, 2.45) is 0 Å². The fourth-order valence-corrected chi connectivity index (χ4v) is 2.36. The van der Waals surface area contributed by atoms with Crippen molar-refractivity contribution in [2.75, 3.05) is 25.0 Å². The third-order valence-electron chi connectivity index (χ3n) is 3.54. The highest BCUT2D eigenvalue weighted by atomic mass is 35.5. The number of carbonyl (C=O) groups is 2. The van der Waals surface area contributed by atoms with Crippen LogP contribution in [0.15, 0.2) is 42.5 Å². The van der Waals surface area contributed by atoms with Crippen molar-refractivity contribution in [1.29, 1.82) is 0 Å². The van der Waals surface area contributed by atoms with E-state index in [1.807, 2.05) is 13.8 Å². The van der Waals surface area contributed by atoms with E-state index in [9.17, 15) is 9.59 Å². The van der Waals surface area contributed by atoms with Gasteiger partial charge in [-0.25, -0.2) is 4.79 Å². The third-order valence-corrected chi connectivity index (χ3v) is 3.80. The zero-order chi connectivity index (χ0) is 18.9. The molecule has 138 valence electrons. The summed E-state index contributed by atoms with van der Waals surface area (Å²) in [6.45, 7) is 4.96. The topological polar surface area (TPSA) is 79.5 Å². The van der Waals surface area contributed by atoms with Crippen LogP contribution < -0.4 is 20.7 Å². The molecule has 0 bridgehead atoms. The molecule has 0 aliphatic carbocycles. The van der Waals surface area contributed by atoms with Crippen molar-refractivity contribution >= 4 is 29.2 Å². The number of hydrogen-bond donors (Lipinski definition) is 3. The molecule has 3 N–H and O–H groups in total. The molecular formula is C19H22ClN3O3. The van der Waals surface area contributed by atoms with Crippen LogP contribution in [-0.4, -0.2) is 31.6 Å². The molecule has 0 radical (unpaired) electrons. The molecule has 0 aromatic heterocycles. The van der Waals surface area contributed by atoms with Crippen molar-refractivity contribution in [2.45, 2.75) is 13.8 Å². The molecule has 0 unspecified atom stereocenters. The number of ether oxygens (including phenoxy) is 1. The van der Waals surface area contributed by atoms with Gasteiger partial charge in [0.15, 0.2) is 0 Å². The maximum atomic E-state index is 12.0. The summed E-state index contributed by atoms with van der Waals surface area (Å²) in [6.07, 6.45) is 0. The molecular weight excluding hydrogens is 354 g/mol. The monoisotopic (exact) mass is 375 g/mol. The lowest BCUT2D eigenvalue weighted by molar-refractivity contribution is 0.0955. The maximum absolute atomic E-state index is 12.0. The number of aryl methyl sites for hydroxylation is 1. The smallest absolute Gasteiger partial charge is 0.319 e. The van der Waals surface area contributed by atoms with Crippen LogP contribution in [0.25, 0.3) is 0 Å². The van der Waals surface area contributed by atoms with Crippen LogP contribution in [0.2, 0.25) is 5.02 Å². The van der Waals surface area contributed by atoms with Gasteiger partial charge in [0, 0.05) is 22.8 Å². The average Bonchev–Trinajstić information content (AvgIpc) is 2.62. The van der Waals surface area contributed by atoms with Gasteiger partial charge in [-0.15, -0.1) is 0 Å². The van der Waals surface area contributed by atoms with Crippen LogP contribution in [0.3, 0.4) is 0 Å². The number of rotatable bonds is 7. The largest absolute Gasteiger partial charge is 0.492 e. The Morgan fingerprint density at radius 3 is 2.46 bits per heavy atom. The van der Waals surface area contributed by atoms with Gasteiger partial charge in [0.05, 0.1) is 6.54 Å². The molecule has 0 spiro atoms. The van der Waals surface area contributed by atoms with E-state index in [1.165, 1.54) is 0 Å². The summed E-state index contributed by atoms with van der Waals surface area (Å²) < 4.78 is 5.50. The molecule has 0 saturated heterocycles. The number of urea groups is 1. The van der Waals surface area contributed by atoms with Gasteiger partial charge in [0.25, 0.3) is 5.91 Å². The maximum Gasteiger partial charge on any atom is 0.319 e. The van der Waals surface area contributed by atoms with Gasteiger partial charge in [-0.2, -0.15) is 0 Å². The van der Waals surface area contributed by atoms with Crippen LogP contribution in [0.5, 0.6) is 5.75 Å². The van der Waals surface area contributed by atoms with Crippen molar-refractivity contribution in [3.05, 3.63) is 58.6 Å². The lowest BCUT2D eigenvalue weighted by atomic mass is 10.1. The molecule has 7 heteroatoms. The van der Waals surface area contributed by atoms with Gasteiger partial charge in [-0.1, -0.05) is 11.6 Å². The van der Waals surface area contributed by atoms with Gasteiger partial charge >= 0.3 is 6.03 Å². The molecule has 0 fully saturated rings. The normalized spacial score (nSPS) is 10.1. The summed E-state index contributed by atoms with van der Waals surface area (Å²) in [5.41, 5.74) is 2.02. The number of amides is 3. The van der Waals surface area contributed by atoms with Crippen molar-refractivity contribution < 1.29 is 14.3 Å². The highest BCUT2D eigenvalue weighted by Crippen LogP contribution is 2.17. The van der Waals surface area contributed by atoms with Gasteiger partial charge < -0.3 is 20.7 Å². The molecule has 0 aliphatic rings. The number of carbonyl (C=O) groups excluding carboxylic acids is 2. The Kier molecular flexibility index (Phi) is 7.29. The van der Waals surface area contributed by atoms with Crippen LogP contribution >= 0.6 is 11.6 Å². The molecule has 3 amide bonds. The minimum Gasteiger partial charge on any atom is -0.492 e. The van der Waals surface area contributed by atoms with E-state index in [0.29, 0.717) is 41.7 Å². The van der Waals surface area contributed by atoms with Crippen LogP contribution in [0.4, 0.5) is 10.5 Å². The quantitative estimate of drug-likeness (QED) is 0.647. The molecule has 26 heavy (non-hydrogen) atoms. The number of anilines is 1. The Morgan fingerprint density at radius 1 is 1.08 bits per heavy atom. The molecule has 0 atom stereocenters. The van der Waals surface area contributed by atoms with Gasteiger partial charge in [-0.05, 0) is 61.9 Å². The predicted octanol–water partition coefficient (Wildman–Crippen LogP) is 3.60. The standard InChI is InChI=1S/C19H22ClN3O3/c1-3-21-18(24)14-4-9-17(13(2)12-14)23-19(25)22-10-11-26-16-7-5-15(20)6-8-16/h4-9,12H,3,10-11H2,1-2H3,(H,21,24)(H2,22,23,25). The summed E-state index contributed by atoms with van der Waals surface area (Å²) in [7, 11) is 0. The first-order chi connectivity index (χ1) is 12.5. The highest BCUT2D eigenvalue weighted by molar-refractivity contribution is 6.30. The number of benzene rings is 2. The van der Waals surface area contributed by atoms with Gasteiger partial charge in [-0.3, -0.25) is 4.79 Å². The first kappa shape index (κ1) is 19.6. The molecule has 2 rings (SSSR count). The fourth-order valence-electron chi connectivity index (χ4n) is 2.24. The Bertz CT molecular complexity index is 763. The fraction of sp³-hybridized carbons (Fsp3) is 0.263. The second-order valence-electron chi connectivity index (χ2n) is 5.57. The summed E-state index contributed by atoms with van der Waals surface area (Å²) in [5.74, 6) is 0.555. The summed E-state index contributed by atoms with van der Waals surface area (Å²) in [4.78, 5) is 23.8. The minimum absolute atomic E-state index is 0.133. The molecule has 0 aliphatic heterocycles. The Hall–Kier alpha value is -2.73. The van der Waals surface area contributed by atoms with E-state index in [0.717, 1.165) is 5.56 Å². The summed E-state index contributed by atoms with van der Waals surface area (Å²) in [5, 5.41) is 8.86. The molecule has 0 saturated carbocycles. The van der Waals surface area contributed by atoms with Crippen LogP contribution in [0, 0.1) is 6.92 Å². The predicted molar refractivity (Wildman–Crippen MR) is 103 cm³/mol. The van der Waals surface area contributed by atoms with Crippen LogP contribution in [0.1, 0.15) is 22.8 Å². The first-order valence-corrected chi connectivity index (χ1v) is 8.69. The Labute approximate surface area is 157 Å². The molecule has 2 aromatic rings. The highest BCUT2D eigenvalue weighted by Gasteiger charge is 2.08. The zero-order valence-corrected chi connectivity index (χ0v) is 15.5. The Morgan fingerprint density at radius 2 is 1.81 bits per heavy atom. The van der Waals surface area contributed by atoms with Crippen molar-refractivity contribution in [3.8, 4) is 5.75 Å². The van der Waals surface area contributed by atoms with Crippen LogP contribution in [-0.2, 0) is 0 Å². The summed E-state index contributed by atoms with van der Waals surface area (Å²) in [6, 6.07) is 11.8. The average molecular weight is 376 g/mol. The van der Waals surface area contributed by atoms with E-state index < -0.39 is 0 Å². The van der Waals surface area contributed by atoms with E-state index in [1.54, 1.807) is 42.5 Å². The molecule has 0 heterocycles. The number of nitrogens with one attached hydrogen (secondary N) is 3. The van der Waals surface area contributed by atoms with E-state index in [4.69, 9.17) is 16.3 Å². The SMILES string of the molecule is CCNC(=O)c1ccc(NC(=O)NCCOc2ccc(Cl)cc2)c(C)c1. The van der Waals surface area contributed by atoms with Gasteiger partial charge in [0.1, 0.15) is 12.4 Å². The lowest BCUT2D eigenvalue weighted by Crippen LogP contribution is -2.32. The van der Waals surface area contributed by atoms with Crippen molar-refractivity contribution in [1.82, 2.24) is 10.6 Å². The number of halogens is 1. The second kappa shape index (κ2) is 9.68. The van der Waals surface area contributed by atoms with Crippen molar-refractivity contribution in [3.63, 3.8) is 0 Å². The Balaban J connectivity index is 1.78. The van der Waals surface area contributed by atoms with E-state index in [2.05, 4.69) is 16.0 Å².